The zero-order valence-electron chi connectivity index (χ0n) is 11.9. The van der Waals surface area contributed by atoms with Gasteiger partial charge in [0.05, 0.1) is 6.10 Å². The number of hydrogen-bond donors (Lipinski definition) is 3. The van der Waals surface area contributed by atoms with Crippen molar-refractivity contribution in [1.29, 1.82) is 0 Å². The predicted octanol–water partition coefficient (Wildman–Crippen LogP) is 2.75. The second-order valence-electron chi connectivity index (χ2n) is 5.83. The zero-order chi connectivity index (χ0) is 14.5. The number of hydrogen-bond acceptors (Lipinski definition) is 3. The maximum atomic E-state index is 9.98. The average molecular weight is 330 g/mol. The second kappa shape index (κ2) is 7.39. The summed E-state index contributed by atoms with van der Waals surface area (Å²) in [4.78, 5) is 0. The van der Waals surface area contributed by atoms with Gasteiger partial charge in [0.15, 0.2) is 0 Å². The molecule has 4 heteroatoms. The third-order valence-electron chi connectivity index (χ3n) is 2.91. The Bertz CT molecular complexity index is 373. The topological polar surface area (TPSA) is 52.5 Å². The maximum Gasteiger partial charge on any atom is 0.105 e. The Hall–Kier alpha value is -0.420. The van der Waals surface area contributed by atoms with Gasteiger partial charge in [-0.1, -0.05) is 40.2 Å². The van der Waals surface area contributed by atoms with Crippen molar-refractivity contribution in [2.24, 2.45) is 0 Å². The van der Waals surface area contributed by atoms with Crippen molar-refractivity contribution in [3.05, 3.63) is 35.4 Å². The molecular formula is C15H24BrNO2. The smallest absolute Gasteiger partial charge is 0.105 e. The Labute approximate surface area is 124 Å². The summed E-state index contributed by atoms with van der Waals surface area (Å²) < 4.78 is 0. The van der Waals surface area contributed by atoms with Gasteiger partial charge in [-0.15, -0.1) is 0 Å². The molecule has 0 radical (unpaired) electrons. The Morgan fingerprint density at radius 3 is 2.21 bits per heavy atom. The number of nitrogens with one attached hydrogen (secondary N) is 1. The molecule has 2 unspecified atom stereocenters. The van der Waals surface area contributed by atoms with Gasteiger partial charge in [-0.05, 0) is 38.3 Å². The van der Waals surface area contributed by atoms with Crippen molar-refractivity contribution in [1.82, 2.24) is 5.32 Å². The molecule has 19 heavy (non-hydrogen) atoms. The van der Waals surface area contributed by atoms with Crippen molar-refractivity contribution in [2.75, 3.05) is 5.33 Å². The fraction of sp³-hybridized carbons (Fsp3) is 0.600. The van der Waals surface area contributed by atoms with Crippen LogP contribution in [0.1, 0.15) is 44.4 Å². The SMILES string of the molecule is CC(C)(C)NCc1ccc(C(O)C(O)CCBr)cc1. The summed E-state index contributed by atoms with van der Waals surface area (Å²) in [5.41, 5.74) is 2.01. The van der Waals surface area contributed by atoms with E-state index in [9.17, 15) is 10.2 Å². The number of rotatable bonds is 6. The lowest BCUT2D eigenvalue weighted by molar-refractivity contribution is 0.0173. The normalized spacial score (nSPS) is 15.3. The van der Waals surface area contributed by atoms with Crippen LogP contribution in [0.25, 0.3) is 0 Å². The van der Waals surface area contributed by atoms with Gasteiger partial charge in [-0.25, -0.2) is 0 Å². The molecule has 0 aliphatic rings. The highest BCUT2D eigenvalue weighted by Crippen LogP contribution is 2.20. The van der Waals surface area contributed by atoms with E-state index in [1.807, 2.05) is 24.3 Å². The average Bonchev–Trinajstić information content (AvgIpc) is 2.35. The van der Waals surface area contributed by atoms with Crippen LogP contribution < -0.4 is 5.32 Å². The van der Waals surface area contributed by atoms with Crippen LogP contribution in [-0.2, 0) is 6.54 Å². The van der Waals surface area contributed by atoms with Gasteiger partial charge in [-0.3, -0.25) is 0 Å². The molecule has 1 rings (SSSR count). The van der Waals surface area contributed by atoms with Gasteiger partial charge in [0, 0.05) is 17.4 Å². The van der Waals surface area contributed by atoms with E-state index in [0.717, 1.165) is 12.1 Å². The number of aliphatic hydroxyl groups is 2. The van der Waals surface area contributed by atoms with Crippen LogP contribution in [0.5, 0.6) is 0 Å². The lowest BCUT2D eigenvalue weighted by Gasteiger charge is -2.21. The van der Waals surface area contributed by atoms with E-state index in [2.05, 4.69) is 42.0 Å². The van der Waals surface area contributed by atoms with E-state index >= 15 is 0 Å². The van der Waals surface area contributed by atoms with Crippen LogP contribution in [0, 0.1) is 0 Å². The summed E-state index contributed by atoms with van der Waals surface area (Å²) in [6.07, 6.45) is -1.01. The molecule has 0 saturated heterocycles. The van der Waals surface area contributed by atoms with Crippen LogP contribution in [0.4, 0.5) is 0 Å². The van der Waals surface area contributed by atoms with Gasteiger partial charge in [0.1, 0.15) is 6.10 Å². The van der Waals surface area contributed by atoms with E-state index in [4.69, 9.17) is 0 Å². The van der Waals surface area contributed by atoms with Gasteiger partial charge < -0.3 is 15.5 Å². The van der Waals surface area contributed by atoms with Gasteiger partial charge in [0.25, 0.3) is 0 Å². The number of alkyl halides is 1. The first kappa shape index (κ1) is 16.6. The van der Waals surface area contributed by atoms with Crippen LogP contribution in [0.3, 0.4) is 0 Å². The first-order chi connectivity index (χ1) is 8.83. The van der Waals surface area contributed by atoms with Crippen molar-refractivity contribution < 1.29 is 10.2 Å². The number of benzene rings is 1. The van der Waals surface area contributed by atoms with Gasteiger partial charge in [-0.2, -0.15) is 0 Å². The van der Waals surface area contributed by atoms with E-state index in [-0.39, 0.29) is 5.54 Å². The van der Waals surface area contributed by atoms with E-state index in [1.165, 1.54) is 5.56 Å². The standard InChI is InChI=1S/C15H24BrNO2/c1-15(2,3)17-10-11-4-6-12(7-5-11)14(19)13(18)8-9-16/h4-7,13-14,17-19H,8-10H2,1-3H3. The first-order valence-corrected chi connectivity index (χ1v) is 7.71. The molecule has 0 aliphatic heterocycles. The van der Waals surface area contributed by atoms with Crippen molar-refractivity contribution in [2.45, 2.75) is 51.5 Å². The molecule has 0 aromatic heterocycles. The summed E-state index contributed by atoms with van der Waals surface area (Å²) in [7, 11) is 0. The van der Waals surface area contributed by atoms with Crippen LogP contribution in [0.2, 0.25) is 0 Å². The predicted molar refractivity (Wildman–Crippen MR) is 82.4 cm³/mol. The molecule has 108 valence electrons. The molecule has 0 aliphatic carbocycles. The molecule has 0 heterocycles. The quantitative estimate of drug-likeness (QED) is 0.703. The molecule has 0 spiro atoms. The Balaban J connectivity index is 2.60. The minimum absolute atomic E-state index is 0.0876. The van der Waals surface area contributed by atoms with Crippen LogP contribution >= 0.6 is 15.9 Å². The largest absolute Gasteiger partial charge is 0.390 e. The Kier molecular flexibility index (Phi) is 6.47. The maximum absolute atomic E-state index is 9.98. The highest BCUT2D eigenvalue weighted by Gasteiger charge is 2.17. The molecule has 0 amide bonds. The van der Waals surface area contributed by atoms with E-state index in [0.29, 0.717) is 11.8 Å². The van der Waals surface area contributed by atoms with E-state index < -0.39 is 12.2 Å². The lowest BCUT2D eigenvalue weighted by Crippen LogP contribution is -2.35. The lowest BCUT2D eigenvalue weighted by atomic mass is 10.0. The zero-order valence-corrected chi connectivity index (χ0v) is 13.4. The molecule has 0 bridgehead atoms. The molecule has 3 N–H and O–H groups in total. The Morgan fingerprint density at radius 2 is 1.74 bits per heavy atom. The molecular weight excluding hydrogens is 306 g/mol. The highest BCUT2D eigenvalue weighted by atomic mass is 79.9. The summed E-state index contributed by atoms with van der Waals surface area (Å²) >= 11 is 3.26. The monoisotopic (exact) mass is 329 g/mol. The van der Waals surface area contributed by atoms with Gasteiger partial charge in [0.2, 0.25) is 0 Å². The second-order valence-corrected chi connectivity index (χ2v) is 6.63. The van der Waals surface area contributed by atoms with Crippen molar-refractivity contribution >= 4 is 15.9 Å². The molecule has 1 aromatic carbocycles. The Morgan fingerprint density at radius 1 is 1.16 bits per heavy atom. The summed E-state index contributed by atoms with van der Waals surface area (Å²) in [6, 6.07) is 7.72. The molecule has 3 nitrogen and oxygen atoms in total. The van der Waals surface area contributed by atoms with Gasteiger partial charge >= 0.3 is 0 Å². The van der Waals surface area contributed by atoms with Crippen molar-refractivity contribution in [3.8, 4) is 0 Å². The summed E-state index contributed by atoms with van der Waals surface area (Å²) in [6.45, 7) is 7.18. The van der Waals surface area contributed by atoms with Crippen molar-refractivity contribution in [3.63, 3.8) is 0 Å². The number of halogens is 1. The summed E-state index contributed by atoms with van der Waals surface area (Å²) in [5, 5.41) is 23.8. The van der Waals surface area contributed by atoms with Crippen LogP contribution in [0.15, 0.2) is 24.3 Å². The number of aliphatic hydroxyl groups excluding tert-OH is 2. The molecule has 1 aromatic rings. The molecule has 0 saturated carbocycles. The fourth-order valence-electron chi connectivity index (χ4n) is 1.69. The first-order valence-electron chi connectivity index (χ1n) is 6.59. The summed E-state index contributed by atoms with van der Waals surface area (Å²) in [5.74, 6) is 0. The minimum atomic E-state index is -0.817. The molecule has 2 atom stereocenters. The van der Waals surface area contributed by atoms with Crippen LogP contribution in [-0.4, -0.2) is 27.2 Å². The van der Waals surface area contributed by atoms with E-state index in [1.54, 1.807) is 0 Å². The third kappa shape index (κ3) is 6.04. The molecule has 0 fully saturated rings. The minimum Gasteiger partial charge on any atom is -0.390 e. The third-order valence-corrected chi connectivity index (χ3v) is 3.37. The fourth-order valence-corrected chi connectivity index (χ4v) is 2.16. The highest BCUT2D eigenvalue weighted by molar-refractivity contribution is 9.09.